The summed E-state index contributed by atoms with van der Waals surface area (Å²) in [4.78, 5) is 23.2. The van der Waals surface area contributed by atoms with Crippen molar-refractivity contribution in [2.45, 2.75) is 39.1 Å². The van der Waals surface area contributed by atoms with Gasteiger partial charge in [-0.3, -0.25) is 15.2 Å². The summed E-state index contributed by atoms with van der Waals surface area (Å²) in [7, 11) is 0. The maximum Gasteiger partial charge on any atom is 0.321 e. The average Bonchev–Trinajstić information content (AvgIpc) is 3.22. The number of pyridine rings is 1. The Hall–Kier alpha value is -2.81. The van der Waals surface area contributed by atoms with Crippen molar-refractivity contribution in [3.8, 4) is 11.3 Å². The summed E-state index contributed by atoms with van der Waals surface area (Å²) < 4.78 is 5.80. The van der Waals surface area contributed by atoms with Crippen LogP contribution in [-0.2, 0) is 17.8 Å². The Bertz CT molecular complexity index is 983. The maximum absolute atomic E-state index is 12.2. The van der Waals surface area contributed by atoms with Crippen molar-refractivity contribution >= 4 is 22.5 Å². The second kappa shape index (κ2) is 10.00. The molecule has 1 aliphatic heterocycles. The van der Waals surface area contributed by atoms with Crippen LogP contribution in [0.3, 0.4) is 0 Å². The van der Waals surface area contributed by atoms with Crippen LogP contribution < -0.4 is 10.6 Å². The Morgan fingerprint density at radius 3 is 2.61 bits per heavy atom. The number of ether oxygens (including phenoxy) is 1. The lowest BCUT2D eigenvalue weighted by Crippen LogP contribution is -2.44. The number of urea groups is 1. The first kappa shape index (κ1) is 21.4. The number of nitrogens with zero attached hydrogens (tertiary/aromatic N) is 3. The Morgan fingerprint density at radius 1 is 1.16 bits per heavy atom. The third-order valence-corrected chi connectivity index (χ3v) is 5.82. The van der Waals surface area contributed by atoms with Crippen molar-refractivity contribution in [2.75, 3.05) is 18.4 Å². The zero-order valence-electron chi connectivity index (χ0n) is 17.7. The summed E-state index contributed by atoms with van der Waals surface area (Å²) in [6, 6.07) is 11.9. The van der Waals surface area contributed by atoms with Gasteiger partial charge in [-0.2, -0.15) is 0 Å². The van der Waals surface area contributed by atoms with Gasteiger partial charge in [-0.1, -0.05) is 24.3 Å². The molecule has 3 aromatic rings. The summed E-state index contributed by atoms with van der Waals surface area (Å²) in [6.07, 6.45) is 4.01. The number of carbonyl (C=O) groups excluding carboxylic acids is 1. The molecule has 3 heterocycles. The number of nitrogens with one attached hydrogen (secondary N) is 2. The number of benzene rings is 1. The predicted molar refractivity (Wildman–Crippen MR) is 123 cm³/mol. The quantitative estimate of drug-likeness (QED) is 0.606. The minimum atomic E-state index is -0.271. The number of hydrogen-bond acceptors (Lipinski definition) is 6. The second-order valence-electron chi connectivity index (χ2n) is 7.86. The van der Waals surface area contributed by atoms with Crippen LogP contribution in [0.25, 0.3) is 11.3 Å². The van der Waals surface area contributed by atoms with Gasteiger partial charge in [0.2, 0.25) is 0 Å². The maximum atomic E-state index is 12.2. The first-order valence-corrected chi connectivity index (χ1v) is 11.3. The van der Waals surface area contributed by atoms with Gasteiger partial charge >= 0.3 is 6.03 Å². The van der Waals surface area contributed by atoms with E-state index in [0.29, 0.717) is 11.7 Å². The molecule has 8 heteroatoms. The summed E-state index contributed by atoms with van der Waals surface area (Å²) in [5.74, 6) is 0. The highest BCUT2D eigenvalue weighted by atomic mass is 32.1. The van der Waals surface area contributed by atoms with Gasteiger partial charge in [0.05, 0.1) is 17.9 Å². The van der Waals surface area contributed by atoms with Crippen LogP contribution in [0.5, 0.6) is 0 Å². The molecule has 2 aromatic heterocycles. The van der Waals surface area contributed by atoms with Gasteiger partial charge < -0.3 is 10.1 Å². The van der Waals surface area contributed by atoms with Crippen molar-refractivity contribution < 1.29 is 9.53 Å². The minimum absolute atomic E-state index is 0.268. The zero-order chi connectivity index (χ0) is 21.6. The lowest BCUT2D eigenvalue weighted by Gasteiger charge is -2.35. The van der Waals surface area contributed by atoms with Crippen LogP contribution in [0, 0.1) is 0 Å². The molecule has 2 N–H and O–H groups in total. The average molecular weight is 438 g/mol. The van der Waals surface area contributed by atoms with E-state index >= 15 is 0 Å². The van der Waals surface area contributed by atoms with Crippen LogP contribution >= 0.6 is 11.3 Å². The number of amides is 2. The molecule has 0 saturated carbocycles. The molecule has 1 saturated heterocycles. The Balaban J connectivity index is 1.25. The number of thiazole rings is 1. The van der Waals surface area contributed by atoms with Gasteiger partial charge in [-0.05, 0) is 37.1 Å². The minimum Gasteiger partial charge on any atom is -0.373 e. The van der Waals surface area contributed by atoms with Crippen molar-refractivity contribution in [1.82, 2.24) is 20.2 Å². The third kappa shape index (κ3) is 6.10. The molecule has 2 amide bonds. The molecule has 31 heavy (non-hydrogen) atoms. The molecule has 2 unspecified atom stereocenters. The summed E-state index contributed by atoms with van der Waals surface area (Å²) in [6.45, 7) is 7.51. The fourth-order valence-corrected chi connectivity index (χ4v) is 4.45. The van der Waals surface area contributed by atoms with E-state index in [1.54, 1.807) is 12.4 Å². The van der Waals surface area contributed by atoms with Gasteiger partial charge in [0.15, 0.2) is 5.13 Å². The van der Waals surface area contributed by atoms with E-state index < -0.39 is 0 Å². The fourth-order valence-electron chi connectivity index (χ4n) is 3.74. The molecule has 0 radical (unpaired) electrons. The number of hydrogen-bond donors (Lipinski definition) is 2. The molecule has 1 fully saturated rings. The van der Waals surface area contributed by atoms with Crippen LogP contribution in [0.15, 0.2) is 54.2 Å². The van der Waals surface area contributed by atoms with Gasteiger partial charge in [-0.15, -0.1) is 11.3 Å². The van der Waals surface area contributed by atoms with Gasteiger partial charge in [-0.25, -0.2) is 9.78 Å². The largest absolute Gasteiger partial charge is 0.373 e. The monoisotopic (exact) mass is 437 g/mol. The Labute approximate surface area is 186 Å². The molecule has 0 aliphatic carbocycles. The SMILES string of the molecule is CC1CN(Cc2ccc(CNC(=O)Nc3nc(-c4cccnc4)cs3)cc2)CC(C)O1. The Morgan fingerprint density at radius 2 is 1.90 bits per heavy atom. The molecule has 1 aliphatic rings. The molecule has 0 bridgehead atoms. The van der Waals surface area contributed by atoms with Crippen molar-refractivity contribution in [3.05, 3.63) is 65.3 Å². The van der Waals surface area contributed by atoms with Crippen molar-refractivity contribution in [1.29, 1.82) is 0 Å². The highest BCUT2D eigenvalue weighted by molar-refractivity contribution is 7.14. The smallest absolute Gasteiger partial charge is 0.321 e. The fraction of sp³-hybridized carbons (Fsp3) is 0.348. The van der Waals surface area contributed by atoms with Gasteiger partial charge in [0, 0.05) is 49.5 Å². The Kier molecular flexibility index (Phi) is 6.91. The van der Waals surface area contributed by atoms with Gasteiger partial charge in [0.1, 0.15) is 0 Å². The van der Waals surface area contributed by atoms with E-state index in [-0.39, 0.29) is 18.2 Å². The number of morpholine rings is 1. The van der Waals surface area contributed by atoms with E-state index in [9.17, 15) is 4.79 Å². The molecule has 162 valence electrons. The second-order valence-corrected chi connectivity index (χ2v) is 8.71. The predicted octanol–water partition coefficient (Wildman–Crippen LogP) is 4.14. The normalized spacial score (nSPS) is 19.2. The molecular weight excluding hydrogens is 410 g/mol. The molecule has 4 rings (SSSR count). The molecule has 1 aromatic carbocycles. The lowest BCUT2D eigenvalue weighted by molar-refractivity contribution is -0.0704. The highest BCUT2D eigenvalue weighted by Gasteiger charge is 2.21. The van der Waals surface area contributed by atoms with E-state index in [1.807, 2.05) is 17.5 Å². The van der Waals surface area contributed by atoms with Crippen LogP contribution in [0.2, 0.25) is 0 Å². The highest BCUT2D eigenvalue weighted by Crippen LogP contribution is 2.24. The first-order valence-electron chi connectivity index (χ1n) is 10.4. The summed E-state index contributed by atoms with van der Waals surface area (Å²) >= 11 is 1.39. The third-order valence-electron chi connectivity index (χ3n) is 5.06. The summed E-state index contributed by atoms with van der Waals surface area (Å²) in [5, 5.41) is 8.14. The number of rotatable bonds is 6. The standard InChI is InChI=1S/C23H27N5O2S/c1-16-12-28(13-17(2)30-16)14-19-7-5-18(6-8-19)10-25-22(29)27-23-26-21(15-31-23)20-4-3-9-24-11-20/h3-9,11,15-17H,10,12-14H2,1-2H3,(H2,25,26,27,29). The molecule has 0 spiro atoms. The van der Waals surface area contributed by atoms with Gasteiger partial charge in [0.25, 0.3) is 0 Å². The number of carbonyl (C=O) groups is 1. The zero-order valence-corrected chi connectivity index (χ0v) is 18.6. The van der Waals surface area contributed by atoms with E-state index in [2.05, 4.69) is 63.6 Å². The summed E-state index contributed by atoms with van der Waals surface area (Å²) in [5.41, 5.74) is 4.04. The van der Waals surface area contributed by atoms with Crippen LogP contribution in [0.4, 0.5) is 9.93 Å². The van der Waals surface area contributed by atoms with E-state index in [1.165, 1.54) is 16.9 Å². The topological polar surface area (TPSA) is 79.4 Å². The first-order chi connectivity index (χ1) is 15.0. The number of aromatic nitrogens is 2. The van der Waals surface area contributed by atoms with E-state index in [0.717, 1.165) is 36.5 Å². The van der Waals surface area contributed by atoms with Crippen molar-refractivity contribution in [3.63, 3.8) is 0 Å². The molecule has 2 atom stereocenters. The number of anilines is 1. The van der Waals surface area contributed by atoms with Crippen LogP contribution in [-0.4, -0.2) is 46.2 Å². The molecular formula is C23H27N5O2S. The van der Waals surface area contributed by atoms with E-state index in [4.69, 9.17) is 4.74 Å². The lowest BCUT2D eigenvalue weighted by atomic mass is 10.1. The molecule has 7 nitrogen and oxygen atoms in total. The van der Waals surface area contributed by atoms with Crippen molar-refractivity contribution in [2.24, 2.45) is 0 Å². The van der Waals surface area contributed by atoms with Crippen LogP contribution in [0.1, 0.15) is 25.0 Å².